The molecule has 76 valence electrons. The van der Waals surface area contributed by atoms with Crippen molar-refractivity contribution in [2.75, 3.05) is 4.72 Å². The van der Waals surface area contributed by atoms with Crippen molar-refractivity contribution in [3.63, 3.8) is 0 Å². The van der Waals surface area contributed by atoms with E-state index in [9.17, 15) is 17.8 Å². The van der Waals surface area contributed by atoms with Crippen LogP contribution in [0.3, 0.4) is 0 Å². The van der Waals surface area contributed by atoms with Gasteiger partial charge in [0.2, 0.25) is 0 Å². The van der Waals surface area contributed by atoms with Gasteiger partial charge in [0.1, 0.15) is 0 Å². The molecule has 1 rings (SSSR count). The molecule has 0 spiro atoms. The summed E-state index contributed by atoms with van der Waals surface area (Å²) in [6, 6.07) is 4.95. The molecular weight excluding hydrogens is 233 g/mol. The molecule has 0 bridgehead atoms. The average molecular weight is 239 g/mol. The third-order valence-electron chi connectivity index (χ3n) is 1.35. The summed E-state index contributed by atoms with van der Waals surface area (Å²) in [6.45, 7) is 0. The summed E-state index contributed by atoms with van der Waals surface area (Å²) in [5.41, 5.74) is -0.168. The van der Waals surface area contributed by atoms with Gasteiger partial charge in [0.15, 0.2) is 10.3 Å². The van der Waals surface area contributed by atoms with Gasteiger partial charge >= 0.3 is 35.5 Å². The smallest absolute Gasteiger partial charge is 0.731 e. The standard InChI is InChI=1S/C7H7NO5S.Na/c9-7(10)5-2-1-3-6(4-5)8-14(11,12)13;/h1-4,8H,(H,9,10)(H,11,12,13);/q;+1/p-1. The largest absolute Gasteiger partial charge is 1.00 e. The normalized spacial score (nSPS) is 10.2. The van der Waals surface area contributed by atoms with E-state index in [0.717, 1.165) is 6.07 Å². The number of rotatable bonds is 3. The number of benzene rings is 1. The summed E-state index contributed by atoms with van der Waals surface area (Å²) in [4.78, 5) is 10.5. The second-order valence-corrected chi connectivity index (χ2v) is 3.55. The predicted octanol–water partition coefficient (Wildman–Crippen LogP) is -2.74. The van der Waals surface area contributed by atoms with Crippen molar-refractivity contribution in [1.29, 1.82) is 0 Å². The van der Waals surface area contributed by atoms with Crippen LogP contribution in [0, 0.1) is 0 Å². The van der Waals surface area contributed by atoms with Gasteiger partial charge in [0.25, 0.3) is 0 Å². The monoisotopic (exact) mass is 239 g/mol. The van der Waals surface area contributed by atoms with Crippen molar-refractivity contribution in [2.24, 2.45) is 0 Å². The van der Waals surface area contributed by atoms with Crippen LogP contribution in [-0.2, 0) is 10.3 Å². The first-order valence-electron chi connectivity index (χ1n) is 3.45. The van der Waals surface area contributed by atoms with Gasteiger partial charge < -0.3 is 9.66 Å². The molecule has 2 N–H and O–H groups in total. The van der Waals surface area contributed by atoms with Crippen LogP contribution in [0.5, 0.6) is 0 Å². The number of hydrogen-bond acceptors (Lipinski definition) is 4. The Morgan fingerprint density at radius 3 is 2.47 bits per heavy atom. The first-order chi connectivity index (χ1) is 6.38. The van der Waals surface area contributed by atoms with Gasteiger partial charge in [0, 0.05) is 5.69 Å². The van der Waals surface area contributed by atoms with E-state index >= 15 is 0 Å². The number of carboxylic acid groups (broad SMARTS) is 1. The number of anilines is 1. The van der Waals surface area contributed by atoms with Crippen molar-refractivity contribution in [3.05, 3.63) is 29.8 Å². The summed E-state index contributed by atoms with van der Waals surface area (Å²) in [6.07, 6.45) is 0. The van der Waals surface area contributed by atoms with E-state index < -0.39 is 16.3 Å². The van der Waals surface area contributed by atoms with E-state index in [1.807, 2.05) is 0 Å². The molecule has 8 heteroatoms. The minimum absolute atomic E-state index is 0. The fourth-order valence-electron chi connectivity index (χ4n) is 0.860. The van der Waals surface area contributed by atoms with Crippen LogP contribution in [0.25, 0.3) is 0 Å². The number of hydrogen-bond donors (Lipinski definition) is 2. The van der Waals surface area contributed by atoms with E-state index in [1.54, 1.807) is 4.72 Å². The predicted molar refractivity (Wildman–Crippen MR) is 46.7 cm³/mol. The van der Waals surface area contributed by atoms with Gasteiger partial charge in [-0.3, -0.25) is 4.72 Å². The van der Waals surface area contributed by atoms with Crippen molar-refractivity contribution in [3.8, 4) is 0 Å². The Kier molecular flexibility index (Phi) is 5.26. The first kappa shape index (κ1) is 14.4. The Balaban J connectivity index is 0.00000196. The molecular formula is C7H6NNaO5S. The minimum Gasteiger partial charge on any atom is -0.731 e. The molecule has 0 atom stereocenters. The van der Waals surface area contributed by atoms with E-state index in [4.69, 9.17) is 5.11 Å². The van der Waals surface area contributed by atoms with Crippen LogP contribution in [0.15, 0.2) is 24.3 Å². The van der Waals surface area contributed by atoms with Crippen molar-refractivity contribution in [1.82, 2.24) is 0 Å². The fraction of sp³-hybridized carbons (Fsp3) is 0. The molecule has 0 aliphatic heterocycles. The molecule has 0 aliphatic carbocycles. The van der Waals surface area contributed by atoms with Gasteiger partial charge in [-0.05, 0) is 18.2 Å². The van der Waals surface area contributed by atoms with Gasteiger partial charge in [-0.15, -0.1) is 0 Å². The third-order valence-corrected chi connectivity index (χ3v) is 1.84. The molecule has 0 aromatic heterocycles. The number of aromatic carboxylic acids is 1. The van der Waals surface area contributed by atoms with E-state index in [0.29, 0.717) is 0 Å². The zero-order valence-electron chi connectivity index (χ0n) is 7.80. The Bertz CT molecular complexity index is 458. The summed E-state index contributed by atoms with van der Waals surface area (Å²) in [5.74, 6) is -1.20. The number of nitrogens with one attached hydrogen (secondary N) is 1. The molecule has 0 radical (unpaired) electrons. The maximum Gasteiger partial charge on any atom is 1.00 e. The van der Waals surface area contributed by atoms with Crippen LogP contribution < -0.4 is 34.3 Å². The molecule has 1 aromatic rings. The zero-order chi connectivity index (χ0) is 10.8. The van der Waals surface area contributed by atoms with Crippen LogP contribution >= 0.6 is 0 Å². The molecule has 1 aromatic carbocycles. The van der Waals surface area contributed by atoms with Gasteiger partial charge in [-0.1, -0.05) is 6.07 Å². The van der Waals surface area contributed by atoms with E-state index in [2.05, 4.69) is 0 Å². The second-order valence-electron chi connectivity index (χ2n) is 2.44. The Morgan fingerprint density at radius 2 is 2.00 bits per heavy atom. The molecule has 0 saturated heterocycles. The quantitative estimate of drug-likeness (QED) is 0.439. The first-order valence-corrected chi connectivity index (χ1v) is 4.86. The van der Waals surface area contributed by atoms with Gasteiger partial charge in [0.05, 0.1) is 5.56 Å². The van der Waals surface area contributed by atoms with Crippen molar-refractivity contribution < 1.29 is 52.4 Å². The Labute approximate surface area is 108 Å². The second kappa shape index (κ2) is 5.47. The minimum atomic E-state index is -4.61. The van der Waals surface area contributed by atoms with Crippen LogP contribution in [0.1, 0.15) is 10.4 Å². The van der Waals surface area contributed by atoms with Crippen molar-refractivity contribution >= 4 is 22.0 Å². The molecule has 0 unspecified atom stereocenters. The summed E-state index contributed by atoms with van der Waals surface area (Å²) in [7, 11) is -4.61. The Hall–Kier alpha value is -0.600. The van der Waals surface area contributed by atoms with Gasteiger partial charge in [-0.2, -0.15) is 0 Å². The zero-order valence-corrected chi connectivity index (χ0v) is 10.6. The third kappa shape index (κ3) is 5.14. The molecule has 0 saturated carbocycles. The molecule has 0 amide bonds. The molecule has 0 aliphatic rings. The summed E-state index contributed by atoms with van der Waals surface area (Å²) >= 11 is 0. The van der Waals surface area contributed by atoms with E-state index in [1.165, 1.54) is 18.2 Å². The number of carboxylic acids is 1. The van der Waals surface area contributed by atoms with Crippen molar-refractivity contribution in [2.45, 2.75) is 0 Å². The molecule has 15 heavy (non-hydrogen) atoms. The average Bonchev–Trinajstić information content (AvgIpc) is 2.01. The fourth-order valence-corrected chi connectivity index (χ4v) is 1.28. The topological polar surface area (TPSA) is 107 Å². The molecule has 0 heterocycles. The summed E-state index contributed by atoms with van der Waals surface area (Å²) in [5, 5.41) is 8.55. The molecule has 6 nitrogen and oxygen atoms in total. The number of carbonyl (C=O) groups is 1. The van der Waals surface area contributed by atoms with Gasteiger partial charge in [-0.25, -0.2) is 13.2 Å². The Morgan fingerprint density at radius 1 is 1.40 bits per heavy atom. The van der Waals surface area contributed by atoms with Crippen LogP contribution in [-0.4, -0.2) is 24.0 Å². The van der Waals surface area contributed by atoms with Crippen LogP contribution in [0.4, 0.5) is 5.69 Å². The maximum atomic E-state index is 10.5. The molecule has 0 fully saturated rings. The SMILES string of the molecule is O=C(O)c1cccc(NS(=O)(=O)[O-])c1.[Na+]. The van der Waals surface area contributed by atoms with Crippen LogP contribution in [0.2, 0.25) is 0 Å². The maximum absolute atomic E-state index is 10.5. The van der Waals surface area contributed by atoms with E-state index in [-0.39, 0.29) is 40.8 Å². The summed E-state index contributed by atoms with van der Waals surface area (Å²) < 4.78 is 32.4.